The Morgan fingerprint density at radius 2 is 2.09 bits per heavy atom. The van der Waals surface area contributed by atoms with Gasteiger partial charge in [-0.15, -0.1) is 19.7 Å². The van der Waals surface area contributed by atoms with E-state index in [1.165, 1.54) is 5.57 Å². The van der Waals surface area contributed by atoms with Crippen LogP contribution in [0.4, 0.5) is 0 Å². The van der Waals surface area contributed by atoms with Gasteiger partial charge in [0.2, 0.25) is 0 Å². The van der Waals surface area contributed by atoms with Crippen LogP contribution >= 0.6 is 0 Å². The zero-order valence-electron chi connectivity index (χ0n) is 7.47. The van der Waals surface area contributed by atoms with Gasteiger partial charge in [0.25, 0.3) is 0 Å². The number of hydrogen-bond acceptors (Lipinski definition) is 0. The molecule has 0 spiro atoms. The Labute approximate surface area is 70.3 Å². The number of allylic oxidation sites excluding steroid dienone is 3. The van der Waals surface area contributed by atoms with Crippen LogP contribution in [-0.2, 0) is 0 Å². The highest BCUT2D eigenvalue weighted by atomic mass is 14.1. The summed E-state index contributed by atoms with van der Waals surface area (Å²) in [6, 6.07) is 0. The molecule has 0 saturated carbocycles. The summed E-state index contributed by atoms with van der Waals surface area (Å²) >= 11 is 0. The second kappa shape index (κ2) is 5.96. The summed E-state index contributed by atoms with van der Waals surface area (Å²) in [6.07, 6.45) is 7.25. The molecule has 0 aromatic rings. The van der Waals surface area contributed by atoms with Crippen molar-refractivity contribution in [2.75, 3.05) is 0 Å². The van der Waals surface area contributed by atoms with E-state index in [0.717, 1.165) is 19.3 Å². The second-order valence-electron chi connectivity index (χ2n) is 3.02. The minimum Gasteiger partial charge on any atom is -0.103 e. The van der Waals surface area contributed by atoms with Crippen LogP contribution in [0.2, 0.25) is 0 Å². The van der Waals surface area contributed by atoms with Crippen molar-refractivity contribution in [1.82, 2.24) is 0 Å². The SMILES string of the molecule is C=CCC(C=C)CCC(=C)C. The third kappa shape index (κ3) is 5.65. The van der Waals surface area contributed by atoms with Crippen LogP contribution in [0.3, 0.4) is 0 Å². The summed E-state index contributed by atoms with van der Waals surface area (Å²) in [5.41, 5.74) is 1.25. The molecule has 0 bridgehead atoms. The standard InChI is InChI=1S/C11H18/c1-5-7-11(6-2)9-8-10(3)4/h5-6,11H,1-3,7-9H2,4H3. The van der Waals surface area contributed by atoms with Gasteiger partial charge in [-0.3, -0.25) is 0 Å². The molecular weight excluding hydrogens is 132 g/mol. The second-order valence-corrected chi connectivity index (χ2v) is 3.02. The highest BCUT2D eigenvalue weighted by molar-refractivity contribution is 4.92. The van der Waals surface area contributed by atoms with Gasteiger partial charge < -0.3 is 0 Å². The summed E-state index contributed by atoms with van der Waals surface area (Å²) in [7, 11) is 0. The third-order valence-corrected chi connectivity index (χ3v) is 1.74. The molecule has 0 aliphatic carbocycles. The van der Waals surface area contributed by atoms with Gasteiger partial charge in [0.05, 0.1) is 0 Å². The lowest BCUT2D eigenvalue weighted by Crippen LogP contribution is -1.93. The first-order chi connectivity index (χ1) is 5.20. The van der Waals surface area contributed by atoms with Crippen LogP contribution in [0.5, 0.6) is 0 Å². The lowest BCUT2D eigenvalue weighted by Gasteiger charge is -2.08. The molecule has 0 saturated heterocycles. The molecule has 0 N–H and O–H groups in total. The summed E-state index contributed by atoms with van der Waals surface area (Å²) < 4.78 is 0. The summed E-state index contributed by atoms with van der Waals surface area (Å²) in [5.74, 6) is 0.587. The lowest BCUT2D eigenvalue weighted by molar-refractivity contribution is 0.599. The van der Waals surface area contributed by atoms with E-state index in [1.807, 2.05) is 12.2 Å². The molecule has 0 heterocycles. The normalized spacial score (nSPS) is 12.1. The fourth-order valence-corrected chi connectivity index (χ4v) is 0.978. The molecule has 0 aromatic heterocycles. The van der Waals surface area contributed by atoms with E-state index in [-0.39, 0.29) is 0 Å². The van der Waals surface area contributed by atoms with Gasteiger partial charge in [-0.25, -0.2) is 0 Å². The number of hydrogen-bond donors (Lipinski definition) is 0. The molecule has 0 nitrogen and oxygen atoms in total. The van der Waals surface area contributed by atoms with Crippen LogP contribution in [-0.4, -0.2) is 0 Å². The van der Waals surface area contributed by atoms with Crippen LogP contribution in [0.1, 0.15) is 26.2 Å². The fraction of sp³-hybridized carbons (Fsp3) is 0.455. The van der Waals surface area contributed by atoms with Gasteiger partial charge in [-0.1, -0.05) is 17.7 Å². The van der Waals surface area contributed by atoms with Gasteiger partial charge in [0.1, 0.15) is 0 Å². The van der Waals surface area contributed by atoms with Crippen LogP contribution in [0, 0.1) is 5.92 Å². The highest BCUT2D eigenvalue weighted by Crippen LogP contribution is 2.15. The summed E-state index contributed by atoms with van der Waals surface area (Å²) in [4.78, 5) is 0. The van der Waals surface area contributed by atoms with Crippen molar-refractivity contribution in [2.45, 2.75) is 26.2 Å². The molecule has 0 aliphatic heterocycles. The zero-order valence-corrected chi connectivity index (χ0v) is 7.47. The van der Waals surface area contributed by atoms with Gasteiger partial charge >= 0.3 is 0 Å². The van der Waals surface area contributed by atoms with Crippen molar-refractivity contribution in [3.05, 3.63) is 37.5 Å². The monoisotopic (exact) mass is 150 g/mol. The van der Waals surface area contributed by atoms with Crippen molar-refractivity contribution in [3.63, 3.8) is 0 Å². The smallest absolute Gasteiger partial charge is 0.0199 e. The molecule has 1 atom stereocenters. The Hall–Kier alpha value is -0.780. The van der Waals surface area contributed by atoms with Crippen molar-refractivity contribution in [1.29, 1.82) is 0 Å². The predicted octanol–water partition coefficient (Wildman–Crippen LogP) is 3.72. The first-order valence-electron chi connectivity index (χ1n) is 4.08. The molecule has 0 rings (SSSR count). The van der Waals surface area contributed by atoms with Crippen LogP contribution < -0.4 is 0 Å². The minimum atomic E-state index is 0.587. The van der Waals surface area contributed by atoms with Crippen molar-refractivity contribution in [3.8, 4) is 0 Å². The Morgan fingerprint density at radius 1 is 1.45 bits per heavy atom. The molecule has 0 amide bonds. The molecule has 62 valence electrons. The molecule has 0 aromatic carbocycles. The molecule has 1 unspecified atom stereocenters. The average Bonchev–Trinajstić information content (AvgIpc) is 1.97. The minimum absolute atomic E-state index is 0.587. The molecule has 0 heteroatoms. The largest absolute Gasteiger partial charge is 0.103 e. The van der Waals surface area contributed by atoms with E-state index < -0.39 is 0 Å². The predicted molar refractivity (Wildman–Crippen MR) is 52.5 cm³/mol. The fourth-order valence-electron chi connectivity index (χ4n) is 0.978. The van der Waals surface area contributed by atoms with E-state index in [9.17, 15) is 0 Å². The van der Waals surface area contributed by atoms with Crippen molar-refractivity contribution >= 4 is 0 Å². The Morgan fingerprint density at radius 3 is 2.45 bits per heavy atom. The first kappa shape index (κ1) is 10.2. The summed E-state index contributed by atoms with van der Waals surface area (Å²) in [6.45, 7) is 13.4. The van der Waals surface area contributed by atoms with E-state index in [1.54, 1.807) is 0 Å². The van der Waals surface area contributed by atoms with E-state index >= 15 is 0 Å². The van der Waals surface area contributed by atoms with Gasteiger partial charge in [0.15, 0.2) is 0 Å². The first-order valence-corrected chi connectivity index (χ1v) is 4.08. The Bertz CT molecular complexity index is 142. The van der Waals surface area contributed by atoms with Gasteiger partial charge in [0, 0.05) is 0 Å². The molecule has 0 aliphatic rings. The Balaban J connectivity index is 3.59. The maximum absolute atomic E-state index is 3.86. The topological polar surface area (TPSA) is 0 Å². The average molecular weight is 150 g/mol. The molecule has 11 heavy (non-hydrogen) atoms. The van der Waals surface area contributed by atoms with Crippen molar-refractivity contribution in [2.24, 2.45) is 5.92 Å². The van der Waals surface area contributed by atoms with Crippen LogP contribution in [0.25, 0.3) is 0 Å². The Kier molecular flexibility index (Phi) is 5.54. The molecule has 0 fully saturated rings. The van der Waals surface area contributed by atoms with E-state index in [4.69, 9.17) is 0 Å². The van der Waals surface area contributed by atoms with Crippen LogP contribution in [0.15, 0.2) is 37.5 Å². The molecule has 0 radical (unpaired) electrons. The number of rotatable bonds is 6. The van der Waals surface area contributed by atoms with Gasteiger partial charge in [-0.2, -0.15) is 0 Å². The van der Waals surface area contributed by atoms with Crippen molar-refractivity contribution < 1.29 is 0 Å². The third-order valence-electron chi connectivity index (χ3n) is 1.74. The maximum Gasteiger partial charge on any atom is -0.0199 e. The summed E-state index contributed by atoms with van der Waals surface area (Å²) in [5, 5.41) is 0. The zero-order chi connectivity index (χ0) is 8.69. The van der Waals surface area contributed by atoms with E-state index in [0.29, 0.717) is 5.92 Å². The lowest BCUT2D eigenvalue weighted by atomic mass is 9.98. The maximum atomic E-state index is 3.86. The molecular formula is C11H18. The highest BCUT2D eigenvalue weighted by Gasteiger charge is 2.00. The van der Waals surface area contributed by atoms with Gasteiger partial charge in [-0.05, 0) is 32.1 Å². The van der Waals surface area contributed by atoms with E-state index in [2.05, 4.69) is 26.7 Å². The quantitative estimate of drug-likeness (QED) is 0.506.